The summed E-state index contributed by atoms with van der Waals surface area (Å²) in [5, 5.41) is 3.61. The van der Waals surface area contributed by atoms with Crippen LogP contribution in [0.5, 0.6) is 0 Å². The number of nitrogens with one attached hydrogen (secondary N) is 1. The number of hydrogen-bond donors (Lipinski definition) is 1. The summed E-state index contributed by atoms with van der Waals surface area (Å²) in [6.07, 6.45) is 1.63. The first-order valence-electron chi connectivity index (χ1n) is 5.95. The van der Waals surface area contributed by atoms with Gasteiger partial charge in [-0.05, 0) is 24.4 Å². The number of carbonyl (C=O) groups excluding carboxylic acids is 1. The Labute approximate surface area is 121 Å². The van der Waals surface area contributed by atoms with E-state index in [1.165, 1.54) is 7.11 Å². The number of thiocarbonyl (C=S) groups is 1. The monoisotopic (exact) mass is 300 g/mol. The third kappa shape index (κ3) is 3.87. The van der Waals surface area contributed by atoms with E-state index in [0.29, 0.717) is 18.2 Å². The van der Waals surface area contributed by atoms with Gasteiger partial charge in [0.25, 0.3) is 0 Å². The minimum atomic E-state index is -0.191. The van der Waals surface area contributed by atoms with Gasteiger partial charge in [0.15, 0.2) is 5.11 Å². The number of esters is 1. The van der Waals surface area contributed by atoms with Crippen molar-refractivity contribution in [2.75, 3.05) is 26.0 Å². The van der Waals surface area contributed by atoms with Crippen molar-refractivity contribution >= 4 is 35.1 Å². The topological polar surface area (TPSA) is 54.7 Å². The lowest BCUT2D eigenvalue weighted by atomic mass is 10.3. The lowest BCUT2D eigenvalue weighted by Crippen LogP contribution is -2.48. The molecule has 1 aliphatic rings. The fraction of sp³-hybridized carbons (Fsp3) is 0.500. The molecule has 1 atom stereocenters. The number of methoxy groups -OCH3 is 1. The van der Waals surface area contributed by atoms with Crippen LogP contribution >= 0.6 is 24.0 Å². The summed E-state index contributed by atoms with van der Waals surface area (Å²) in [6, 6.07) is 3.73. The minimum Gasteiger partial charge on any atom is -0.468 e. The maximum atomic E-state index is 11.5. The minimum absolute atomic E-state index is 0.165. The first-order valence-corrected chi connectivity index (χ1v) is 7.41. The van der Waals surface area contributed by atoms with Gasteiger partial charge in [0, 0.05) is 18.8 Å². The van der Waals surface area contributed by atoms with Crippen LogP contribution in [0.1, 0.15) is 5.76 Å². The van der Waals surface area contributed by atoms with Crippen molar-refractivity contribution in [3.05, 3.63) is 24.2 Å². The number of furan rings is 1. The highest BCUT2D eigenvalue weighted by Crippen LogP contribution is 2.19. The molecular weight excluding hydrogens is 284 g/mol. The van der Waals surface area contributed by atoms with Crippen LogP contribution < -0.4 is 5.32 Å². The van der Waals surface area contributed by atoms with Crippen LogP contribution in [0.25, 0.3) is 0 Å². The molecule has 2 heterocycles. The van der Waals surface area contributed by atoms with E-state index in [1.54, 1.807) is 18.0 Å². The van der Waals surface area contributed by atoms with Gasteiger partial charge in [-0.25, -0.2) is 0 Å². The van der Waals surface area contributed by atoms with Crippen LogP contribution in [0.15, 0.2) is 22.8 Å². The summed E-state index contributed by atoms with van der Waals surface area (Å²) < 4.78 is 10.0. The molecule has 1 aromatic rings. The predicted molar refractivity (Wildman–Crippen MR) is 78.0 cm³/mol. The Bertz CT molecular complexity index is 436. The quantitative estimate of drug-likeness (QED) is 0.666. The van der Waals surface area contributed by atoms with Gasteiger partial charge in [0.2, 0.25) is 0 Å². The van der Waals surface area contributed by atoms with Gasteiger partial charge in [-0.15, -0.1) is 11.8 Å². The molecule has 0 aromatic carbocycles. The normalized spacial score (nSPS) is 19.0. The maximum Gasteiger partial charge on any atom is 0.320 e. The molecule has 1 saturated heterocycles. The van der Waals surface area contributed by atoms with E-state index < -0.39 is 0 Å². The number of thioether (sulfide) groups is 1. The molecule has 0 amide bonds. The van der Waals surface area contributed by atoms with E-state index in [2.05, 4.69) is 5.32 Å². The molecule has 0 unspecified atom stereocenters. The third-order valence-electron chi connectivity index (χ3n) is 2.81. The van der Waals surface area contributed by atoms with Crippen molar-refractivity contribution in [3.8, 4) is 0 Å². The van der Waals surface area contributed by atoms with Gasteiger partial charge in [0.05, 0.1) is 19.9 Å². The van der Waals surface area contributed by atoms with E-state index in [1.807, 2.05) is 17.0 Å². The average Bonchev–Trinajstić information content (AvgIpc) is 2.97. The highest BCUT2D eigenvalue weighted by molar-refractivity contribution is 8.00. The van der Waals surface area contributed by atoms with Crippen LogP contribution in [-0.4, -0.2) is 47.2 Å². The predicted octanol–water partition coefficient (Wildman–Crippen LogP) is 1.24. The van der Waals surface area contributed by atoms with Crippen LogP contribution in [-0.2, 0) is 16.1 Å². The van der Waals surface area contributed by atoms with Crippen LogP contribution in [0, 0.1) is 0 Å². The lowest BCUT2D eigenvalue weighted by molar-refractivity contribution is -0.140. The van der Waals surface area contributed by atoms with Gasteiger partial charge >= 0.3 is 5.97 Å². The van der Waals surface area contributed by atoms with E-state index in [-0.39, 0.29) is 11.2 Å². The van der Waals surface area contributed by atoms with E-state index in [4.69, 9.17) is 21.4 Å². The number of carbonyl (C=O) groups is 1. The number of hydrogen-bond acceptors (Lipinski definition) is 5. The molecular formula is C12H16N2O3S2. The number of nitrogens with zero attached hydrogens (tertiary/aromatic N) is 1. The largest absolute Gasteiger partial charge is 0.468 e. The van der Waals surface area contributed by atoms with Gasteiger partial charge in [0.1, 0.15) is 11.0 Å². The summed E-state index contributed by atoms with van der Waals surface area (Å²) >= 11 is 6.95. The van der Waals surface area contributed by atoms with Crippen LogP contribution in [0.3, 0.4) is 0 Å². The van der Waals surface area contributed by atoms with Crippen LogP contribution in [0.4, 0.5) is 0 Å². The van der Waals surface area contributed by atoms with Crippen molar-refractivity contribution < 1.29 is 13.9 Å². The molecule has 0 bridgehead atoms. The SMILES string of the molecule is COC(=O)[C@H]1CN(C(=S)NCc2ccco2)CCS1. The Balaban J connectivity index is 1.83. The highest BCUT2D eigenvalue weighted by Gasteiger charge is 2.28. The molecule has 0 aliphatic carbocycles. The van der Waals surface area contributed by atoms with Crippen molar-refractivity contribution in [2.24, 2.45) is 0 Å². The first-order chi connectivity index (χ1) is 9.20. The van der Waals surface area contributed by atoms with Crippen LogP contribution in [0.2, 0.25) is 0 Å². The second-order valence-corrected chi connectivity index (χ2v) is 5.76. The van der Waals surface area contributed by atoms with Crippen molar-refractivity contribution in [1.29, 1.82) is 0 Å². The Morgan fingerprint density at radius 1 is 1.74 bits per heavy atom. The van der Waals surface area contributed by atoms with Crippen molar-refractivity contribution in [3.63, 3.8) is 0 Å². The van der Waals surface area contributed by atoms with E-state index >= 15 is 0 Å². The second kappa shape index (κ2) is 6.81. The lowest BCUT2D eigenvalue weighted by Gasteiger charge is -2.32. The van der Waals surface area contributed by atoms with Gasteiger partial charge in [-0.2, -0.15) is 0 Å². The Morgan fingerprint density at radius 2 is 2.58 bits per heavy atom. The Hall–Kier alpha value is -1.21. The fourth-order valence-corrected chi connectivity index (χ4v) is 3.16. The molecule has 1 N–H and O–H groups in total. The highest BCUT2D eigenvalue weighted by atomic mass is 32.2. The summed E-state index contributed by atoms with van der Waals surface area (Å²) in [5.41, 5.74) is 0. The summed E-state index contributed by atoms with van der Waals surface area (Å²) in [6.45, 7) is 1.97. The number of ether oxygens (including phenoxy) is 1. The Kier molecular flexibility index (Phi) is 5.09. The zero-order valence-corrected chi connectivity index (χ0v) is 12.3. The average molecular weight is 300 g/mol. The molecule has 0 radical (unpaired) electrons. The maximum absolute atomic E-state index is 11.5. The Morgan fingerprint density at radius 3 is 3.26 bits per heavy atom. The van der Waals surface area contributed by atoms with Crippen molar-refractivity contribution in [1.82, 2.24) is 10.2 Å². The smallest absolute Gasteiger partial charge is 0.320 e. The molecule has 0 saturated carbocycles. The van der Waals surface area contributed by atoms with Gasteiger partial charge in [-0.1, -0.05) is 0 Å². The first kappa shape index (κ1) is 14.2. The molecule has 2 rings (SSSR count). The summed E-state index contributed by atoms with van der Waals surface area (Å²) in [7, 11) is 1.41. The number of rotatable bonds is 3. The molecule has 1 aromatic heterocycles. The fourth-order valence-electron chi connectivity index (χ4n) is 1.80. The van der Waals surface area contributed by atoms with E-state index in [9.17, 15) is 4.79 Å². The second-order valence-electron chi connectivity index (χ2n) is 4.07. The standard InChI is InChI=1S/C12H16N2O3S2/c1-16-11(15)10-8-14(4-6-19-10)12(18)13-7-9-3-2-5-17-9/h2-3,5,10H,4,6-8H2,1H3,(H,13,18)/t10-/m1/s1. The molecule has 1 fully saturated rings. The van der Waals surface area contributed by atoms with Gasteiger partial charge in [-0.3, -0.25) is 4.79 Å². The molecule has 104 valence electrons. The molecule has 7 heteroatoms. The third-order valence-corrected chi connectivity index (χ3v) is 4.38. The summed E-state index contributed by atoms with van der Waals surface area (Å²) in [4.78, 5) is 13.5. The van der Waals surface area contributed by atoms with Crippen molar-refractivity contribution in [2.45, 2.75) is 11.8 Å². The zero-order chi connectivity index (χ0) is 13.7. The molecule has 0 spiro atoms. The zero-order valence-electron chi connectivity index (χ0n) is 10.6. The molecule has 1 aliphatic heterocycles. The molecule has 5 nitrogen and oxygen atoms in total. The van der Waals surface area contributed by atoms with Gasteiger partial charge < -0.3 is 19.4 Å². The summed E-state index contributed by atoms with van der Waals surface area (Å²) in [5.74, 6) is 1.50. The van der Waals surface area contributed by atoms with E-state index in [0.717, 1.165) is 18.1 Å². The molecule has 19 heavy (non-hydrogen) atoms.